The van der Waals surface area contributed by atoms with E-state index in [2.05, 4.69) is 12.2 Å². The summed E-state index contributed by atoms with van der Waals surface area (Å²) in [5.41, 5.74) is 0.783. The largest absolute Gasteiger partial charge is 0.307 e. The van der Waals surface area contributed by atoms with Gasteiger partial charge in [-0.1, -0.05) is 12.8 Å². The monoisotopic (exact) mass is 267 g/mol. The van der Waals surface area contributed by atoms with E-state index in [0.717, 1.165) is 0 Å². The zero-order valence-corrected chi connectivity index (χ0v) is 12.0. The number of benzene rings is 1. The van der Waals surface area contributed by atoms with Gasteiger partial charge in [-0.15, -0.1) is 0 Å². The second-order valence-corrected chi connectivity index (χ2v) is 5.84. The average molecular weight is 267 g/mol. The SMILES string of the molecule is Cc1cc(F)c(C(C)NC(C)C2CCCC2)cc1F. The highest BCUT2D eigenvalue weighted by Gasteiger charge is 2.24. The van der Waals surface area contributed by atoms with Gasteiger partial charge in [0.25, 0.3) is 0 Å². The third-order valence-corrected chi connectivity index (χ3v) is 4.36. The van der Waals surface area contributed by atoms with Crippen LogP contribution in [0.25, 0.3) is 0 Å². The molecule has 0 heterocycles. The number of hydrogen-bond donors (Lipinski definition) is 1. The maximum absolute atomic E-state index is 13.9. The van der Waals surface area contributed by atoms with Crippen LogP contribution in [0.5, 0.6) is 0 Å². The van der Waals surface area contributed by atoms with Crippen LogP contribution >= 0.6 is 0 Å². The smallest absolute Gasteiger partial charge is 0.128 e. The number of nitrogens with one attached hydrogen (secondary N) is 1. The normalized spacial score (nSPS) is 19.6. The van der Waals surface area contributed by atoms with E-state index in [4.69, 9.17) is 0 Å². The summed E-state index contributed by atoms with van der Waals surface area (Å²) in [6, 6.07) is 2.79. The van der Waals surface area contributed by atoms with Crippen LogP contribution < -0.4 is 5.32 Å². The fraction of sp³-hybridized carbons (Fsp3) is 0.625. The zero-order valence-electron chi connectivity index (χ0n) is 12.0. The Balaban J connectivity index is 2.06. The van der Waals surface area contributed by atoms with Crippen LogP contribution in [0.2, 0.25) is 0 Å². The Morgan fingerprint density at radius 3 is 2.37 bits per heavy atom. The Hall–Kier alpha value is -0.960. The van der Waals surface area contributed by atoms with Crippen LogP contribution in [0.3, 0.4) is 0 Å². The summed E-state index contributed by atoms with van der Waals surface area (Å²) in [5, 5.41) is 3.42. The van der Waals surface area contributed by atoms with E-state index < -0.39 is 0 Å². The summed E-state index contributed by atoms with van der Waals surface area (Å²) in [6.07, 6.45) is 5.06. The van der Waals surface area contributed by atoms with Gasteiger partial charge in [-0.25, -0.2) is 8.78 Å². The van der Waals surface area contributed by atoms with Crippen LogP contribution in [-0.2, 0) is 0 Å². The van der Waals surface area contributed by atoms with Crippen LogP contribution in [-0.4, -0.2) is 6.04 Å². The van der Waals surface area contributed by atoms with Crippen LogP contribution in [0.1, 0.15) is 56.7 Å². The molecule has 3 heteroatoms. The first-order chi connectivity index (χ1) is 8.99. The molecule has 0 saturated heterocycles. The summed E-state index contributed by atoms with van der Waals surface area (Å²) in [7, 11) is 0. The summed E-state index contributed by atoms with van der Waals surface area (Å²) in [4.78, 5) is 0. The Labute approximate surface area is 114 Å². The third-order valence-electron chi connectivity index (χ3n) is 4.36. The molecule has 0 amide bonds. The van der Waals surface area contributed by atoms with E-state index >= 15 is 0 Å². The third kappa shape index (κ3) is 3.33. The lowest BCUT2D eigenvalue weighted by Crippen LogP contribution is -2.34. The van der Waals surface area contributed by atoms with Crippen LogP contribution in [0.4, 0.5) is 8.78 Å². The lowest BCUT2D eigenvalue weighted by Gasteiger charge is -2.25. The number of aryl methyl sites for hydroxylation is 1. The molecule has 2 unspecified atom stereocenters. The molecule has 0 bridgehead atoms. The van der Waals surface area contributed by atoms with Crippen molar-refractivity contribution in [1.29, 1.82) is 0 Å². The molecule has 1 aromatic rings. The molecule has 1 aromatic carbocycles. The minimum atomic E-state index is -0.335. The molecule has 0 spiro atoms. The van der Waals surface area contributed by atoms with Crippen molar-refractivity contribution in [3.05, 3.63) is 34.9 Å². The van der Waals surface area contributed by atoms with Gasteiger partial charge < -0.3 is 5.32 Å². The molecule has 0 aliphatic heterocycles. The topological polar surface area (TPSA) is 12.0 Å². The highest BCUT2D eigenvalue weighted by Crippen LogP contribution is 2.29. The van der Waals surface area contributed by atoms with E-state index in [1.165, 1.54) is 37.8 Å². The Morgan fingerprint density at radius 2 is 1.74 bits per heavy atom. The first kappa shape index (κ1) is 14.4. The number of rotatable bonds is 4. The summed E-state index contributed by atoms with van der Waals surface area (Å²) in [6.45, 7) is 5.63. The van der Waals surface area contributed by atoms with Crippen LogP contribution in [0, 0.1) is 24.5 Å². The molecule has 19 heavy (non-hydrogen) atoms. The molecule has 0 radical (unpaired) electrons. The second kappa shape index (κ2) is 6.00. The summed E-state index contributed by atoms with van der Waals surface area (Å²) < 4.78 is 27.5. The zero-order chi connectivity index (χ0) is 14.0. The van der Waals surface area contributed by atoms with Crippen molar-refractivity contribution in [1.82, 2.24) is 5.32 Å². The minimum absolute atomic E-state index is 0.161. The van der Waals surface area contributed by atoms with Gasteiger partial charge in [0, 0.05) is 17.6 Å². The van der Waals surface area contributed by atoms with E-state index in [-0.39, 0.29) is 17.7 Å². The lowest BCUT2D eigenvalue weighted by atomic mass is 9.97. The van der Waals surface area contributed by atoms with Crippen molar-refractivity contribution >= 4 is 0 Å². The quantitative estimate of drug-likeness (QED) is 0.846. The van der Waals surface area contributed by atoms with Gasteiger partial charge in [0.15, 0.2) is 0 Å². The number of hydrogen-bond acceptors (Lipinski definition) is 1. The second-order valence-electron chi connectivity index (χ2n) is 5.84. The van der Waals surface area contributed by atoms with Gasteiger partial charge in [-0.05, 0) is 57.2 Å². The summed E-state index contributed by atoms with van der Waals surface area (Å²) in [5.74, 6) is 0.0110. The molecule has 106 valence electrons. The van der Waals surface area contributed by atoms with Crippen molar-refractivity contribution in [2.24, 2.45) is 5.92 Å². The maximum atomic E-state index is 13.9. The molecule has 1 saturated carbocycles. The van der Waals surface area contributed by atoms with Gasteiger partial charge in [0.2, 0.25) is 0 Å². The van der Waals surface area contributed by atoms with Gasteiger partial charge >= 0.3 is 0 Å². The van der Waals surface area contributed by atoms with Crippen molar-refractivity contribution in [2.75, 3.05) is 0 Å². The molecular weight excluding hydrogens is 244 g/mol. The van der Waals surface area contributed by atoms with Crippen molar-refractivity contribution < 1.29 is 8.78 Å². The van der Waals surface area contributed by atoms with E-state index in [1.807, 2.05) is 6.92 Å². The summed E-state index contributed by atoms with van der Waals surface area (Å²) >= 11 is 0. The molecule has 1 nitrogen and oxygen atoms in total. The maximum Gasteiger partial charge on any atom is 0.128 e. The van der Waals surface area contributed by atoms with Crippen LogP contribution in [0.15, 0.2) is 12.1 Å². The number of halogens is 2. The molecule has 1 N–H and O–H groups in total. The highest BCUT2D eigenvalue weighted by molar-refractivity contribution is 5.27. The fourth-order valence-electron chi connectivity index (χ4n) is 3.07. The van der Waals surface area contributed by atoms with E-state index in [1.54, 1.807) is 6.92 Å². The minimum Gasteiger partial charge on any atom is -0.307 e. The highest BCUT2D eigenvalue weighted by atomic mass is 19.1. The molecule has 0 aromatic heterocycles. The average Bonchev–Trinajstić information content (AvgIpc) is 2.87. The van der Waals surface area contributed by atoms with Gasteiger partial charge in [-0.2, -0.15) is 0 Å². The Bertz CT molecular complexity index is 439. The van der Waals surface area contributed by atoms with E-state index in [0.29, 0.717) is 23.1 Å². The van der Waals surface area contributed by atoms with Crippen molar-refractivity contribution in [2.45, 2.75) is 58.5 Å². The fourth-order valence-corrected chi connectivity index (χ4v) is 3.07. The van der Waals surface area contributed by atoms with Crippen molar-refractivity contribution in [3.63, 3.8) is 0 Å². The van der Waals surface area contributed by atoms with Crippen molar-refractivity contribution in [3.8, 4) is 0 Å². The molecular formula is C16H23F2N. The standard InChI is InChI=1S/C16H23F2N/c1-10-8-16(18)14(9-15(10)17)12(3)19-11(2)13-6-4-5-7-13/h8-9,11-13,19H,4-7H2,1-3H3. The first-order valence-corrected chi connectivity index (χ1v) is 7.20. The van der Waals surface area contributed by atoms with Gasteiger partial charge in [0.1, 0.15) is 11.6 Å². The van der Waals surface area contributed by atoms with Gasteiger partial charge in [0.05, 0.1) is 0 Å². The molecule has 2 rings (SSSR count). The Morgan fingerprint density at radius 1 is 1.11 bits per heavy atom. The van der Waals surface area contributed by atoms with E-state index in [9.17, 15) is 8.78 Å². The molecule has 1 aliphatic rings. The van der Waals surface area contributed by atoms with Gasteiger partial charge in [-0.3, -0.25) is 0 Å². The predicted molar refractivity (Wildman–Crippen MR) is 74.1 cm³/mol. The first-order valence-electron chi connectivity index (χ1n) is 7.20. The molecule has 1 aliphatic carbocycles. The lowest BCUT2D eigenvalue weighted by molar-refractivity contribution is 0.348. The Kier molecular flexibility index (Phi) is 4.56. The molecule has 1 fully saturated rings. The molecule has 2 atom stereocenters. The predicted octanol–water partition coefficient (Wildman–Crippen LogP) is 4.50.